The van der Waals surface area contributed by atoms with Crippen LogP contribution in [0.25, 0.3) is 88.7 Å². The number of fused-ring (bicyclic) bond motifs is 7. The molecule has 0 saturated carbocycles. The molecule has 54 heavy (non-hydrogen) atoms. The van der Waals surface area contributed by atoms with Crippen molar-refractivity contribution in [1.29, 1.82) is 0 Å². The van der Waals surface area contributed by atoms with Crippen LogP contribution in [0.3, 0.4) is 0 Å². The number of furan rings is 2. The summed E-state index contributed by atoms with van der Waals surface area (Å²) in [5.41, 5.74) is 13.4. The third-order valence-electron chi connectivity index (χ3n) is 10.3. The van der Waals surface area contributed by atoms with Crippen LogP contribution in [0.1, 0.15) is 0 Å². The van der Waals surface area contributed by atoms with Crippen molar-refractivity contribution < 1.29 is 13.3 Å². The Morgan fingerprint density at radius 3 is 1.81 bits per heavy atom. The van der Waals surface area contributed by atoms with E-state index in [0.717, 1.165) is 88.7 Å². The largest absolute Gasteiger partial charge is 0.456 e. The van der Waals surface area contributed by atoms with Crippen molar-refractivity contribution in [3.8, 4) is 33.7 Å². The number of nitrogens with zero attached hydrogens (tertiary/aromatic N) is 2. The quantitative estimate of drug-likeness (QED) is 0.173. The first-order valence-electron chi connectivity index (χ1n) is 18.0. The number of hydrogen-bond acceptors (Lipinski definition) is 5. The van der Waals surface area contributed by atoms with E-state index < -0.39 is 0 Å². The summed E-state index contributed by atoms with van der Waals surface area (Å²) in [7, 11) is 0. The molecule has 5 heteroatoms. The molecule has 0 saturated heterocycles. The van der Waals surface area contributed by atoms with Gasteiger partial charge in [0.25, 0.3) is 0 Å². The molecule has 5 nitrogen and oxygen atoms in total. The maximum atomic E-state index is 6.60. The van der Waals surface area contributed by atoms with Gasteiger partial charge in [-0.25, -0.2) is 4.98 Å². The van der Waals surface area contributed by atoms with Crippen LogP contribution >= 0.6 is 0 Å². The minimum Gasteiger partial charge on any atom is -0.456 e. The molecule has 0 spiro atoms. The van der Waals surface area contributed by atoms with Gasteiger partial charge in [-0.1, -0.05) is 103 Å². The zero-order valence-electron chi connectivity index (χ0n) is 28.9. The highest BCUT2D eigenvalue weighted by Gasteiger charge is 2.22. The summed E-state index contributed by atoms with van der Waals surface area (Å²) in [5.74, 6) is 0.572. The van der Waals surface area contributed by atoms with Crippen molar-refractivity contribution in [1.82, 2.24) is 4.98 Å². The summed E-state index contributed by atoms with van der Waals surface area (Å²) in [6.45, 7) is 0. The molecule has 0 aliphatic rings. The lowest BCUT2D eigenvalue weighted by Crippen LogP contribution is -2.10. The first-order chi connectivity index (χ1) is 26.7. The Hall–Kier alpha value is -7.37. The van der Waals surface area contributed by atoms with E-state index in [1.807, 2.05) is 66.7 Å². The van der Waals surface area contributed by atoms with Gasteiger partial charge in [-0.3, -0.25) is 0 Å². The predicted octanol–water partition coefficient (Wildman–Crippen LogP) is 14.1. The van der Waals surface area contributed by atoms with Gasteiger partial charge in [0.05, 0.1) is 11.1 Å². The van der Waals surface area contributed by atoms with Gasteiger partial charge >= 0.3 is 0 Å². The van der Waals surface area contributed by atoms with Gasteiger partial charge < -0.3 is 18.2 Å². The number of benzene rings is 8. The summed E-state index contributed by atoms with van der Waals surface area (Å²) in [5, 5.41) is 4.08. The Bertz CT molecular complexity index is 3140. The molecule has 0 fully saturated rings. The fourth-order valence-corrected chi connectivity index (χ4v) is 7.80. The van der Waals surface area contributed by atoms with Crippen molar-refractivity contribution in [2.24, 2.45) is 0 Å². The molecule has 11 rings (SSSR count). The summed E-state index contributed by atoms with van der Waals surface area (Å²) in [4.78, 5) is 7.11. The third kappa shape index (κ3) is 4.90. The fourth-order valence-electron chi connectivity index (χ4n) is 7.80. The van der Waals surface area contributed by atoms with E-state index in [0.29, 0.717) is 5.89 Å². The lowest BCUT2D eigenvalue weighted by atomic mass is 9.99. The van der Waals surface area contributed by atoms with Crippen molar-refractivity contribution in [2.75, 3.05) is 4.90 Å². The van der Waals surface area contributed by atoms with Crippen LogP contribution in [-0.4, -0.2) is 4.98 Å². The topological polar surface area (TPSA) is 55.6 Å². The molecule has 0 unspecified atom stereocenters. The molecule has 0 radical (unpaired) electrons. The number of aromatic nitrogens is 1. The SMILES string of the molecule is c1ccc(-c2cccc(-c3ccc(N(c4ccc5c(c4)oc4cccc(-c6nc7ccccc7o6)c45)c4cccc5oc6ccccc6c45)cc3)c2)cc1. The first kappa shape index (κ1) is 30.3. The maximum absolute atomic E-state index is 6.60. The third-order valence-corrected chi connectivity index (χ3v) is 10.3. The Kier molecular flexibility index (Phi) is 6.79. The molecular weight excluding hydrogens is 665 g/mol. The molecule has 0 atom stereocenters. The van der Waals surface area contributed by atoms with Crippen molar-refractivity contribution >= 4 is 72.0 Å². The smallest absolute Gasteiger partial charge is 0.228 e. The predicted molar refractivity (Wildman–Crippen MR) is 220 cm³/mol. The van der Waals surface area contributed by atoms with Crippen LogP contribution < -0.4 is 4.90 Å². The standard InChI is InChI=1S/C49H30N2O3/c1-2-11-31(12-3-1)33-13-8-14-34(29-33)32-23-25-35(26-24-32)51(41-18-10-22-45-48(41)37-15-4-6-19-42(37)52-45)36-27-28-38-46(30-36)53-44-21-9-16-39(47(38)44)49-50-40-17-5-7-20-43(40)54-49/h1-30H. The van der Waals surface area contributed by atoms with E-state index in [1.54, 1.807) is 0 Å². The molecule has 11 aromatic rings. The van der Waals surface area contributed by atoms with Crippen LogP contribution in [-0.2, 0) is 0 Å². The Labute approximate surface area is 309 Å². The summed E-state index contributed by atoms with van der Waals surface area (Å²) < 4.78 is 19.2. The summed E-state index contributed by atoms with van der Waals surface area (Å²) >= 11 is 0. The van der Waals surface area contributed by atoms with Gasteiger partial charge in [0.15, 0.2) is 5.58 Å². The van der Waals surface area contributed by atoms with Gasteiger partial charge in [-0.15, -0.1) is 0 Å². The fraction of sp³-hybridized carbons (Fsp3) is 0. The minimum absolute atomic E-state index is 0.572. The maximum Gasteiger partial charge on any atom is 0.228 e. The minimum atomic E-state index is 0.572. The van der Waals surface area contributed by atoms with Gasteiger partial charge in [0.1, 0.15) is 27.8 Å². The Balaban J connectivity index is 1.07. The summed E-state index contributed by atoms with van der Waals surface area (Å²) in [6.07, 6.45) is 0. The zero-order chi connectivity index (χ0) is 35.6. The highest BCUT2D eigenvalue weighted by molar-refractivity contribution is 6.15. The first-order valence-corrected chi connectivity index (χ1v) is 18.0. The number of anilines is 3. The lowest BCUT2D eigenvalue weighted by molar-refractivity contribution is 0.620. The second-order valence-electron chi connectivity index (χ2n) is 13.5. The molecule has 0 aliphatic carbocycles. The number of hydrogen-bond donors (Lipinski definition) is 0. The van der Waals surface area contributed by atoms with Crippen LogP contribution in [0.5, 0.6) is 0 Å². The molecule has 0 amide bonds. The zero-order valence-corrected chi connectivity index (χ0v) is 28.9. The number of para-hydroxylation sites is 3. The number of rotatable bonds is 6. The van der Waals surface area contributed by atoms with E-state index in [9.17, 15) is 0 Å². The van der Waals surface area contributed by atoms with Crippen molar-refractivity contribution in [2.45, 2.75) is 0 Å². The molecule has 0 N–H and O–H groups in total. The molecule has 8 aromatic carbocycles. The second kappa shape index (κ2) is 12.1. The lowest BCUT2D eigenvalue weighted by Gasteiger charge is -2.26. The van der Waals surface area contributed by atoms with Gasteiger partial charge in [0.2, 0.25) is 5.89 Å². The average molecular weight is 695 g/mol. The van der Waals surface area contributed by atoms with Crippen LogP contribution in [0.15, 0.2) is 195 Å². The van der Waals surface area contributed by atoms with E-state index >= 15 is 0 Å². The van der Waals surface area contributed by atoms with Crippen LogP contribution in [0, 0.1) is 0 Å². The Morgan fingerprint density at radius 2 is 0.981 bits per heavy atom. The molecule has 3 heterocycles. The Morgan fingerprint density at radius 1 is 0.370 bits per heavy atom. The van der Waals surface area contributed by atoms with Crippen LogP contribution in [0.2, 0.25) is 0 Å². The van der Waals surface area contributed by atoms with E-state index in [4.69, 9.17) is 18.2 Å². The van der Waals surface area contributed by atoms with Crippen LogP contribution in [0.4, 0.5) is 17.1 Å². The molecule has 0 aliphatic heterocycles. The van der Waals surface area contributed by atoms with Crippen molar-refractivity contribution in [3.05, 3.63) is 182 Å². The highest BCUT2D eigenvalue weighted by Crippen LogP contribution is 2.45. The monoisotopic (exact) mass is 694 g/mol. The number of oxazole rings is 1. The van der Waals surface area contributed by atoms with E-state index in [-0.39, 0.29) is 0 Å². The second-order valence-corrected chi connectivity index (χ2v) is 13.5. The van der Waals surface area contributed by atoms with E-state index in [2.05, 4.69) is 120 Å². The van der Waals surface area contributed by atoms with Gasteiger partial charge in [-0.2, -0.15) is 0 Å². The molecular formula is C49H30N2O3. The van der Waals surface area contributed by atoms with Gasteiger partial charge in [0, 0.05) is 39.2 Å². The van der Waals surface area contributed by atoms with Gasteiger partial charge in [-0.05, 0) is 95.1 Å². The molecule has 254 valence electrons. The molecule has 0 bridgehead atoms. The molecule has 3 aromatic heterocycles. The average Bonchev–Trinajstić information content (AvgIpc) is 3.95. The highest BCUT2D eigenvalue weighted by atomic mass is 16.4. The van der Waals surface area contributed by atoms with E-state index in [1.165, 1.54) is 11.1 Å². The summed E-state index contributed by atoms with van der Waals surface area (Å²) in [6, 6.07) is 62.8. The van der Waals surface area contributed by atoms with Crippen molar-refractivity contribution in [3.63, 3.8) is 0 Å². The normalized spacial score (nSPS) is 11.7.